The molecular weight excluding hydrogens is 128 g/mol. The van der Waals surface area contributed by atoms with Gasteiger partial charge in [-0.3, -0.25) is 0 Å². The number of hydrogen-bond acceptors (Lipinski definition) is 3. The molecule has 10 heavy (non-hydrogen) atoms. The van der Waals surface area contributed by atoms with Gasteiger partial charge in [0.2, 0.25) is 0 Å². The van der Waals surface area contributed by atoms with Crippen LogP contribution in [0.2, 0.25) is 0 Å². The molecule has 0 heterocycles. The van der Waals surface area contributed by atoms with Crippen molar-refractivity contribution >= 4 is 0 Å². The topological polar surface area (TPSA) is 61.3 Å². The Hall–Kier alpha value is -0.120. The number of methoxy groups -OCH3 is 1. The van der Waals surface area contributed by atoms with Gasteiger partial charge in [-0.15, -0.1) is 0 Å². The molecule has 0 saturated carbocycles. The summed E-state index contributed by atoms with van der Waals surface area (Å²) in [5.74, 6) is 0. The first kappa shape index (κ1) is 9.88. The molecule has 0 saturated heterocycles. The molecule has 2 unspecified atom stereocenters. The zero-order chi connectivity index (χ0) is 7.98. The Morgan fingerprint density at radius 1 is 1.50 bits per heavy atom. The summed E-state index contributed by atoms with van der Waals surface area (Å²) in [5.41, 5.74) is 11.2. The van der Waals surface area contributed by atoms with E-state index in [4.69, 9.17) is 16.2 Å². The summed E-state index contributed by atoms with van der Waals surface area (Å²) < 4.78 is 5.06. The van der Waals surface area contributed by atoms with Crippen LogP contribution in [-0.2, 0) is 4.74 Å². The summed E-state index contributed by atoms with van der Waals surface area (Å²) in [6.45, 7) is 2.61. The van der Waals surface area contributed by atoms with Gasteiger partial charge < -0.3 is 16.2 Å². The maximum absolute atomic E-state index is 5.74. The molecule has 62 valence electrons. The summed E-state index contributed by atoms with van der Waals surface area (Å²) in [5, 5.41) is 0. The molecule has 0 aromatic heterocycles. The SMILES string of the molecule is CCCC(N)C(CN)OC. The van der Waals surface area contributed by atoms with Gasteiger partial charge in [-0.2, -0.15) is 0 Å². The van der Waals surface area contributed by atoms with E-state index in [0.29, 0.717) is 6.54 Å². The molecule has 0 rings (SSSR count). The van der Waals surface area contributed by atoms with Crippen LogP contribution in [0.1, 0.15) is 19.8 Å². The maximum atomic E-state index is 5.74. The van der Waals surface area contributed by atoms with Crippen LogP contribution in [0.25, 0.3) is 0 Å². The largest absolute Gasteiger partial charge is 0.379 e. The van der Waals surface area contributed by atoms with Crippen molar-refractivity contribution in [3.8, 4) is 0 Å². The molecule has 0 aliphatic carbocycles. The van der Waals surface area contributed by atoms with Crippen LogP contribution in [0.5, 0.6) is 0 Å². The third kappa shape index (κ3) is 3.15. The van der Waals surface area contributed by atoms with Crippen molar-refractivity contribution in [2.24, 2.45) is 11.5 Å². The lowest BCUT2D eigenvalue weighted by Crippen LogP contribution is -2.41. The molecule has 0 fully saturated rings. The zero-order valence-electron chi connectivity index (χ0n) is 6.84. The van der Waals surface area contributed by atoms with Gasteiger partial charge in [0.05, 0.1) is 6.10 Å². The minimum Gasteiger partial charge on any atom is -0.379 e. The lowest BCUT2D eigenvalue weighted by molar-refractivity contribution is 0.0844. The van der Waals surface area contributed by atoms with Gasteiger partial charge in [0.15, 0.2) is 0 Å². The van der Waals surface area contributed by atoms with Gasteiger partial charge in [0.25, 0.3) is 0 Å². The molecule has 0 amide bonds. The van der Waals surface area contributed by atoms with Crippen LogP contribution in [0.4, 0.5) is 0 Å². The van der Waals surface area contributed by atoms with Crippen LogP contribution in [0.15, 0.2) is 0 Å². The average molecular weight is 146 g/mol. The molecule has 4 N–H and O–H groups in total. The summed E-state index contributed by atoms with van der Waals surface area (Å²) >= 11 is 0. The van der Waals surface area contributed by atoms with Crippen molar-refractivity contribution in [2.45, 2.75) is 31.9 Å². The standard InChI is InChI=1S/C7H18N2O/c1-3-4-6(9)7(5-8)10-2/h6-7H,3-5,8-9H2,1-2H3. The first-order valence-corrected chi connectivity index (χ1v) is 3.74. The summed E-state index contributed by atoms with van der Waals surface area (Å²) in [4.78, 5) is 0. The fraction of sp³-hybridized carbons (Fsp3) is 1.00. The van der Waals surface area contributed by atoms with E-state index in [9.17, 15) is 0 Å². The second-order valence-electron chi connectivity index (χ2n) is 2.46. The number of rotatable bonds is 5. The average Bonchev–Trinajstić information content (AvgIpc) is 1.91. The fourth-order valence-corrected chi connectivity index (χ4v) is 0.965. The highest BCUT2D eigenvalue weighted by Crippen LogP contribution is 2.00. The van der Waals surface area contributed by atoms with Gasteiger partial charge in [-0.25, -0.2) is 0 Å². The molecule has 0 radical (unpaired) electrons. The zero-order valence-corrected chi connectivity index (χ0v) is 6.84. The Kier molecular flexibility index (Phi) is 5.58. The Balaban J connectivity index is 3.53. The van der Waals surface area contributed by atoms with E-state index in [1.807, 2.05) is 0 Å². The van der Waals surface area contributed by atoms with Gasteiger partial charge in [0, 0.05) is 19.7 Å². The summed E-state index contributed by atoms with van der Waals surface area (Å²) in [6.07, 6.45) is 2.09. The number of nitrogens with two attached hydrogens (primary N) is 2. The van der Waals surface area contributed by atoms with Crippen LogP contribution in [-0.4, -0.2) is 25.8 Å². The first-order chi connectivity index (χ1) is 4.76. The normalized spacial score (nSPS) is 16.8. The van der Waals surface area contributed by atoms with Gasteiger partial charge in [0.1, 0.15) is 0 Å². The predicted molar refractivity (Wildman–Crippen MR) is 42.7 cm³/mol. The molecule has 3 nitrogen and oxygen atoms in total. The molecule has 2 atom stereocenters. The maximum Gasteiger partial charge on any atom is 0.0844 e. The fourth-order valence-electron chi connectivity index (χ4n) is 0.965. The second kappa shape index (κ2) is 5.65. The van der Waals surface area contributed by atoms with Gasteiger partial charge in [-0.1, -0.05) is 13.3 Å². The van der Waals surface area contributed by atoms with Gasteiger partial charge >= 0.3 is 0 Å². The van der Waals surface area contributed by atoms with Crippen molar-refractivity contribution in [2.75, 3.05) is 13.7 Å². The monoisotopic (exact) mass is 146 g/mol. The third-order valence-electron chi connectivity index (χ3n) is 1.63. The second-order valence-corrected chi connectivity index (χ2v) is 2.46. The predicted octanol–water partition coefficient (Wildman–Crippen LogP) is 0.0875. The van der Waals surface area contributed by atoms with E-state index in [1.54, 1.807) is 7.11 Å². The Morgan fingerprint density at radius 2 is 2.10 bits per heavy atom. The van der Waals surface area contributed by atoms with E-state index >= 15 is 0 Å². The van der Waals surface area contributed by atoms with Crippen molar-refractivity contribution < 1.29 is 4.74 Å². The molecule has 0 aromatic rings. The van der Waals surface area contributed by atoms with E-state index in [-0.39, 0.29) is 12.1 Å². The molecule has 0 bridgehead atoms. The van der Waals surface area contributed by atoms with Crippen LogP contribution < -0.4 is 11.5 Å². The smallest absolute Gasteiger partial charge is 0.0844 e. The highest BCUT2D eigenvalue weighted by atomic mass is 16.5. The van der Waals surface area contributed by atoms with E-state index < -0.39 is 0 Å². The molecular formula is C7H18N2O. The quantitative estimate of drug-likeness (QED) is 0.577. The highest BCUT2D eigenvalue weighted by molar-refractivity contribution is 4.72. The lowest BCUT2D eigenvalue weighted by atomic mass is 10.1. The Labute approximate surface area is 62.7 Å². The van der Waals surface area contributed by atoms with Crippen LogP contribution in [0.3, 0.4) is 0 Å². The lowest BCUT2D eigenvalue weighted by Gasteiger charge is -2.19. The van der Waals surface area contributed by atoms with Crippen molar-refractivity contribution in [3.05, 3.63) is 0 Å². The Morgan fingerprint density at radius 3 is 2.40 bits per heavy atom. The number of ether oxygens (including phenoxy) is 1. The van der Waals surface area contributed by atoms with Crippen molar-refractivity contribution in [3.63, 3.8) is 0 Å². The minimum absolute atomic E-state index is 0.0277. The molecule has 0 aliphatic heterocycles. The number of hydrogen-bond donors (Lipinski definition) is 2. The summed E-state index contributed by atoms with van der Waals surface area (Å²) in [7, 11) is 1.65. The van der Waals surface area contributed by atoms with Crippen molar-refractivity contribution in [1.82, 2.24) is 0 Å². The first-order valence-electron chi connectivity index (χ1n) is 3.74. The molecule has 0 aliphatic rings. The third-order valence-corrected chi connectivity index (χ3v) is 1.63. The van der Waals surface area contributed by atoms with Crippen LogP contribution >= 0.6 is 0 Å². The summed E-state index contributed by atoms with van der Waals surface area (Å²) in [6, 6.07) is 0.0972. The minimum atomic E-state index is 0.0277. The van der Waals surface area contributed by atoms with Gasteiger partial charge in [-0.05, 0) is 6.42 Å². The molecule has 0 spiro atoms. The highest BCUT2D eigenvalue weighted by Gasteiger charge is 2.13. The van der Waals surface area contributed by atoms with Crippen molar-refractivity contribution in [1.29, 1.82) is 0 Å². The van der Waals surface area contributed by atoms with E-state index in [0.717, 1.165) is 12.8 Å². The molecule has 3 heteroatoms. The van der Waals surface area contributed by atoms with E-state index in [1.165, 1.54) is 0 Å². The molecule has 0 aromatic carbocycles. The van der Waals surface area contributed by atoms with E-state index in [2.05, 4.69) is 6.92 Å². The van der Waals surface area contributed by atoms with Crippen LogP contribution in [0, 0.1) is 0 Å². The Bertz CT molecular complexity index is 74.0.